The molecule has 2 aromatic rings. The highest BCUT2D eigenvalue weighted by atomic mass is 16.5. The van der Waals surface area contributed by atoms with Crippen molar-refractivity contribution in [2.24, 2.45) is 5.73 Å². The molecule has 0 saturated carbocycles. The third kappa shape index (κ3) is 2.59. The Morgan fingerprint density at radius 1 is 1.35 bits per heavy atom. The number of aliphatic hydroxyl groups is 1. The topological polar surface area (TPSA) is 85.2 Å². The highest BCUT2D eigenvalue weighted by Gasteiger charge is 2.25. The first-order valence-electron chi connectivity index (χ1n) is 7.04. The molecule has 0 saturated heterocycles. The van der Waals surface area contributed by atoms with Gasteiger partial charge in [-0.1, -0.05) is 29.4 Å². The van der Waals surface area contributed by atoms with Gasteiger partial charge in [0.15, 0.2) is 5.82 Å². The third-order valence-corrected chi connectivity index (χ3v) is 3.93. The largest absolute Gasteiger partial charge is 0.396 e. The van der Waals surface area contributed by atoms with E-state index in [0.29, 0.717) is 18.2 Å². The van der Waals surface area contributed by atoms with Crippen LogP contribution in [0, 0.1) is 0 Å². The average molecular weight is 273 g/mol. The summed E-state index contributed by atoms with van der Waals surface area (Å²) in [5.74, 6) is 1.46. The molecule has 2 atom stereocenters. The molecular formula is C15H19N3O2. The predicted molar refractivity (Wildman–Crippen MR) is 74.1 cm³/mol. The summed E-state index contributed by atoms with van der Waals surface area (Å²) >= 11 is 0. The Bertz CT molecular complexity index is 582. The van der Waals surface area contributed by atoms with Gasteiger partial charge in [0.25, 0.3) is 0 Å². The number of aliphatic hydroxyl groups excluding tert-OH is 1. The summed E-state index contributed by atoms with van der Waals surface area (Å²) in [6.45, 7) is 0.0235. The van der Waals surface area contributed by atoms with Crippen molar-refractivity contribution >= 4 is 0 Å². The van der Waals surface area contributed by atoms with E-state index in [1.54, 1.807) is 0 Å². The smallest absolute Gasteiger partial charge is 0.243 e. The lowest BCUT2D eigenvalue weighted by Gasteiger charge is -2.21. The van der Waals surface area contributed by atoms with Gasteiger partial charge < -0.3 is 15.4 Å². The predicted octanol–water partition coefficient (Wildman–Crippen LogP) is 1.72. The second-order valence-electron chi connectivity index (χ2n) is 5.32. The molecule has 0 amide bonds. The molecule has 3 N–H and O–H groups in total. The van der Waals surface area contributed by atoms with Gasteiger partial charge in [0.1, 0.15) is 0 Å². The number of fused-ring (bicyclic) bond motifs is 1. The summed E-state index contributed by atoms with van der Waals surface area (Å²) in [4.78, 5) is 4.41. The van der Waals surface area contributed by atoms with E-state index in [4.69, 9.17) is 15.4 Å². The van der Waals surface area contributed by atoms with E-state index in [-0.39, 0.29) is 12.6 Å². The number of benzene rings is 1. The van der Waals surface area contributed by atoms with Crippen LogP contribution >= 0.6 is 0 Å². The van der Waals surface area contributed by atoms with Crippen molar-refractivity contribution in [1.82, 2.24) is 10.1 Å². The SMILES string of the molecule is NC(CCO)c1nc(C2CCc3ccccc3C2)no1. The number of aromatic nitrogens is 2. The first-order valence-corrected chi connectivity index (χ1v) is 7.04. The fourth-order valence-corrected chi connectivity index (χ4v) is 2.74. The zero-order valence-corrected chi connectivity index (χ0v) is 11.3. The molecule has 1 aliphatic rings. The Hall–Kier alpha value is -1.72. The Labute approximate surface area is 117 Å². The van der Waals surface area contributed by atoms with Gasteiger partial charge >= 0.3 is 0 Å². The van der Waals surface area contributed by atoms with E-state index < -0.39 is 0 Å². The van der Waals surface area contributed by atoms with Crippen molar-refractivity contribution in [3.63, 3.8) is 0 Å². The Kier molecular flexibility index (Phi) is 3.80. The third-order valence-electron chi connectivity index (χ3n) is 3.93. The molecule has 0 spiro atoms. The van der Waals surface area contributed by atoms with Gasteiger partial charge in [0.05, 0.1) is 6.04 Å². The van der Waals surface area contributed by atoms with Crippen LogP contribution in [0.2, 0.25) is 0 Å². The molecule has 1 heterocycles. The second kappa shape index (κ2) is 5.73. The standard InChI is InChI=1S/C15H19N3O2/c16-13(7-8-19)15-17-14(18-20-15)12-6-5-10-3-1-2-4-11(10)9-12/h1-4,12-13,19H,5-9,16H2. The van der Waals surface area contributed by atoms with Crippen molar-refractivity contribution in [3.8, 4) is 0 Å². The minimum absolute atomic E-state index is 0.0235. The maximum Gasteiger partial charge on any atom is 0.243 e. The van der Waals surface area contributed by atoms with Crippen LogP contribution in [0.1, 0.15) is 47.6 Å². The Morgan fingerprint density at radius 3 is 2.95 bits per heavy atom. The van der Waals surface area contributed by atoms with E-state index in [9.17, 15) is 0 Å². The van der Waals surface area contributed by atoms with Gasteiger partial charge in [-0.2, -0.15) is 4.98 Å². The van der Waals surface area contributed by atoms with Gasteiger partial charge in [0.2, 0.25) is 5.89 Å². The Morgan fingerprint density at radius 2 is 2.15 bits per heavy atom. The van der Waals surface area contributed by atoms with Crippen molar-refractivity contribution in [2.45, 2.75) is 37.6 Å². The number of hydrogen-bond acceptors (Lipinski definition) is 5. The van der Waals surface area contributed by atoms with Crippen LogP contribution in [0.15, 0.2) is 28.8 Å². The second-order valence-corrected chi connectivity index (χ2v) is 5.32. The van der Waals surface area contributed by atoms with Gasteiger partial charge in [-0.25, -0.2) is 0 Å². The van der Waals surface area contributed by atoms with Crippen LogP contribution in [-0.2, 0) is 12.8 Å². The molecular weight excluding hydrogens is 254 g/mol. The minimum Gasteiger partial charge on any atom is -0.396 e. The molecule has 0 fully saturated rings. The zero-order chi connectivity index (χ0) is 13.9. The average Bonchev–Trinajstić information content (AvgIpc) is 2.97. The molecule has 1 aliphatic carbocycles. The molecule has 5 heteroatoms. The summed E-state index contributed by atoms with van der Waals surface area (Å²) in [5, 5.41) is 13.0. The zero-order valence-electron chi connectivity index (χ0n) is 11.3. The summed E-state index contributed by atoms with van der Waals surface area (Å²) < 4.78 is 5.22. The van der Waals surface area contributed by atoms with Gasteiger partial charge in [0, 0.05) is 12.5 Å². The maximum absolute atomic E-state index is 8.89. The van der Waals surface area contributed by atoms with Crippen LogP contribution < -0.4 is 5.73 Å². The quantitative estimate of drug-likeness (QED) is 0.886. The minimum atomic E-state index is -0.378. The first kappa shape index (κ1) is 13.3. The van der Waals surface area contributed by atoms with E-state index >= 15 is 0 Å². The number of hydrogen-bond donors (Lipinski definition) is 2. The van der Waals surface area contributed by atoms with Crippen LogP contribution in [-0.4, -0.2) is 21.9 Å². The lowest BCUT2D eigenvalue weighted by Crippen LogP contribution is -2.15. The number of nitrogens with two attached hydrogens (primary N) is 1. The van der Waals surface area contributed by atoms with Gasteiger partial charge in [-0.05, 0) is 36.8 Å². The fourth-order valence-electron chi connectivity index (χ4n) is 2.74. The van der Waals surface area contributed by atoms with Crippen molar-refractivity contribution in [3.05, 3.63) is 47.1 Å². The molecule has 106 valence electrons. The van der Waals surface area contributed by atoms with Crippen LogP contribution in [0.25, 0.3) is 0 Å². The fraction of sp³-hybridized carbons (Fsp3) is 0.467. The molecule has 2 unspecified atom stereocenters. The van der Waals surface area contributed by atoms with Crippen molar-refractivity contribution in [2.75, 3.05) is 6.61 Å². The normalized spacial score (nSPS) is 19.6. The van der Waals surface area contributed by atoms with Crippen molar-refractivity contribution in [1.29, 1.82) is 0 Å². The molecule has 0 bridgehead atoms. The summed E-state index contributed by atoms with van der Waals surface area (Å²) in [6.07, 6.45) is 3.47. The van der Waals surface area contributed by atoms with Crippen LogP contribution in [0.5, 0.6) is 0 Å². The summed E-state index contributed by atoms with van der Waals surface area (Å²) in [7, 11) is 0. The monoisotopic (exact) mass is 273 g/mol. The Balaban J connectivity index is 1.75. The molecule has 1 aromatic heterocycles. The van der Waals surface area contributed by atoms with Gasteiger partial charge in [-0.3, -0.25) is 0 Å². The number of aryl methyl sites for hydroxylation is 1. The van der Waals surface area contributed by atoms with E-state index in [1.165, 1.54) is 11.1 Å². The molecule has 5 nitrogen and oxygen atoms in total. The maximum atomic E-state index is 8.89. The lowest BCUT2D eigenvalue weighted by molar-refractivity contribution is 0.258. The molecule has 0 aliphatic heterocycles. The molecule has 3 rings (SSSR count). The van der Waals surface area contributed by atoms with Crippen LogP contribution in [0.3, 0.4) is 0 Å². The highest BCUT2D eigenvalue weighted by molar-refractivity contribution is 5.31. The van der Waals surface area contributed by atoms with Crippen LogP contribution in [0.4, 0.5) is 0 Å². The van der Waals surface area contributed by atoms with E-state index in [1.807, 2.05) is 0 Å². The summed E-state index contributed by atoms with van der Waals surface area (Å²) in [6, 6.07) is 8.13. The number of rotatable bonds is 4. The van der Waals surface area contributed by atoms with Crippen molar-refractivity contribution < 1.29 is 9.63 Å². The first-order chi connectivity index (χ1) is 9.78. The summed E-state index contributed by atoms with van der Waals surface area (Å²) in [5.41, 5.74) is 8.66. The molecule has 1 aromatic carbocycles. The molecule has 0 radical (unpaired) electrons. The highest BCUT2D eigenvalue weighted by Crippen LogP contribution is 2.31. The molecule has 20 heavy (non-hydrogen) atoms. The van der Waals surface area contributed by atoms with Gasteiger partial charge in [-0.15, -0.1) is 0 Å². The lowest BCUT2D eigenvalue weighted by atomic mass is 9.83. The van der Waals surface area contributed by atoms with E-state index in [2.05, 4.69) is 34.4 Å². The van der Waals surface area contributed by atoms with E-state index in [0.717, 1.165) is 25.1 Å². The number of nitrogens with zero attached hydrogens (tertiary/aromatic N) is 2.